The predicted octanol–water partition coefficient (Wildman–Crippen LogP) is 4.43. The standard InChI is InChI=1S/C19H14N4O6/c1-12-5-7-15(23(27)28)10-16(12)20-11-17-19(24)29-18(21-17)8-6-13-3-2-4-14(9-13)22(25)26/h2-11,24H,1H3. The Morgan fingerprint density at radius 2 is 1.79 bits per heavy atom. The molecule has 10 nitrogen and oxygen atoms in total. The molecule has 0 radical (unpaired) electrons. The topological polar surface area (TPSA) is 145 Å². The summed E-state index contributed by atoms with van der Waals surface area (Å²) in [5, 5.41) is 31.6. The molecule has 1 N–H and O–H groups in total. The lowest BCUT2D eigenvalue weighted by Crippen LogP contribution is -1.88. The first-order chi connectivity index (χ1) is 13.8. The number of nitro benzene ring substituents is 2. The quantitative estimate of drug-likeness (QED) is 0.370. The number of hydrogen-bond donors (Lipinski definition) is 1. The SMILES string of the molecule is Cc1ccc([N+](=O)[O-])cc1N=Cc1nc(C=Cc2cccc([N+](=O)[O-])c2)oc1O. The summed E-state index contributed by atoms with van der Waals surface area (Å²) in [6.45, 7) is 1.74. The number of nitro groups is 2. The first kappa shape index (κ1) is 19.4. The van der Waals surface area contributed by atoms with Crippen molar-refractivity contribution in [3.05, 3.63) is 85.4 Å². The highest BCUT2D eigenvalue weighted by Gasteiger charge is 2.11. The van der Waals surface area contributed by atoms with Crippen molar-refractivity contribution in [3.8, 4) is 5.95 Å². The molecule has 0 atom stereocenters. The van der Waals surface area contributed by atoms with Crippen LogP contribution in [-0.2, 0) is 0 Å². The van der Waals surface area contributed by atoms with E-state index >= 15 is 0 Å². The fraction of sp³-hybridized carbons (Fsp3) is 0.0526. The van der Waals surface area contributed by atoms with E-state index in [4.69, 9.17) is 4.42 Å². The smallest absolute Gasteiger partial charge is 0.312 e. The molecule has 0 unspecified atom stereocenters. The number of non-ortho nitro benzene ring substituents is 2. The number of nitrogens with zero attached hydrogens (tertiary/aromatic N) is 4. The average Bonchev–Trinajstić information content (AvgIpc) is 3.05. The van der Waals surface area contributed by atoms with Gasteiger partial charge in [0.1, 0.15) is 0 Å². The van der Waals surface area contributed by atoms with Gasteiger partial charge in [-0.1, -0.05) is 18.2 Å². The Balaban J connectivity index is 1.81. The van der Waals surface area contributed by atoms with Gasteiger partial charge in [-0.2, -0.15) is 0 Å². The molecule has 0 aliphatic heterocycles. The first-order valence-corrected chi connectivity index (χ1v) is 8.25. The Bertz CT molecular complexity index is 1150. The molecule has 0 saturated carbocycles. The Morgan fingerprint density at radius 3 is 2.52 bits per heavy atom. The number of aromatic hydroxyl groups is 1. The second-order valence-corrected chi connectivity index (χ2v) is 5.91. The molecule has 3 aromatic rings. The molecule has 1 aromatic heterocycles. The van der Waals surface area contributed by atoms with Crippen molar-refractivity contribution in [3.63, 3.8) is 0 Å². The number of hydrogen-bond acceptors (Lipinski definition) is 8. The molecule has 0 aliphatic rings. The molecular formula is C19H14N4O6. The monoisotopic (exact) mass is 394 g/mol. The fourth-order valence-corrected chi connectivity index (χ4v) is 2.39. The van der Waals surface area contributed by atoms with Gasteiger partial charge in [0.25, 0.3) is 11.4 Å². The van der Waals surface area contributed by atoms with Crippen molar-refractivity contribution >= 4 is 35.4 Å². The van der Waals surface area contributed by atoms with Crippen LogP contribution in [0.4, 0.5) is 17.1 Å². The van der Waals surface area contributed by atoms with E-state index in [-0.39, 0.29) is 23.0 Å². The molecule has 0 saturated heterocycles. The lowest BCUT2D eigenvalue weighted by Gasteiger charge is -1.98. The zero-order valence-corrected chi connectivity index (χ0v) is 15.1. The summed E-state index contributed by atoms with van der Waals surface area (Å²) < 4.78 is 5.12. The van der Waals surface area contributed by atoms with E-state index in [1.807, 2.05) is 0 Å². The van der Waals surface area contributed by atoms with Crippen molar-refractivity contribution in [2.24, 2.45) is 4.99 Å². The van der Waals surface area contributed by atoms with E-state index in [1.165, 1.54) is 36.6 Å². The number of aryl methyl sites for hydroxylation is 1. The van der Waals surface area contributed by atoms with Crippen molar-refractivity contribution in [1.82, 2.24) is 4.98 Å². The maximum Gasteiger partial charge on any atom is 0.312 e. The van der Waals surface area contributed by atoms with Gasteiger partial charge in [-0.3, -0.25) is 25.2 Å². The van der Waals surface area contributed by atoms with Gasteiger partial charge in [-0.05, 0) is 24.1 Å². The number of rotatable bonds is 6. The summed E-state index contributed by atoms with van der Waals surface area (Å²) in [6, 6.07) is 10.2. The normalized spacial score (nSPS) is 11.3. The van der Waals surface area contributed by atoms with E-state index < -0.39 is 15.8 Å². The maximum atomic E-state index is 10.9. The van der Waals surface area contributed by atoms with E-state index in [2.05, 4.69) is 9.98 Å². The molecule has 10 heteroatoms. The minimum absolute atomic E-state index is 0.0367. The van der Waals surface area contributed by atoms with E-state index in [0.29, 0.717) is 16.8 Å². The van der Waals surface area contributed by atoms with E-state index in [0.717, 1.165) is 0 Å². The van der Waals surface area contributed by atoms with Gasteiger partial charge in [-0.25, -0.2) is 4.98 Å². The van der Waals surface area contributed by atoms with Gasteiger partial charge in [0.05, 0.1) is 21.7 Å². The zero-order valence-electron chi connectivity index (χ0n) is 15.1. The number of aromatic nitrogens is 1. The summed E-state index contributed by atoms with van der Waals surface area (Å²) in [4.78, 5) is 28.9. The van der Waals surface area contributed by atoms with Gasteiger partial charge in [-0.15, -0.1) is 0 Å². The second kappa shape index (κ2) is 8.13. The second-order valence-electron chi connectivity index (χ2n) is 5.91. The Kier molecular flexibility index (Phi) is 5.44. The van der Waals surface area contributed by atoms with Crippen molar-refractivity contribution in [2.45, 2.75) is 6.92 Å². The van der Waals surface area contributed by atoms with Crippen LogP contribution in [-0.4, -0.2) is 26.2 Å². The molecule has 1 heterocycles. The lowest BCUT2D eigenvalue weighted by molar-refractivity contribution is -0.385. The minimum atomic E-state index is -0.525. The van der Waals surface area contributed by atoms with Gasteiger partial charge < -0.3 is 9.52 Å². The third kappa shape index (κ3) is 4.69. The van der Waals surface area contributed by atoms with Gasteiger partial charge in [0, 0.05) is 30.3 Å². The predicted molar refractivity (Wildman–Crippen MR) is 105 cm³/mol. The third-order valence-corrected chi connectivity index (χ3v) is 3.88. The summed E-state index contributed by atoms with van der Waals surface area (Å²) in [7, 11) is 0. The summed E-state index contributed by atoms with van der Waals surface area (Å²) in [5.74, 6) is -0.415. The molecule has 0 spiro atoms. The number of benzene rings is 2. The third-order valence-electron chi connectivity index (χ3n) is 3.88. The van der Waals surface area contributed by atoms with Crippen LogP contribution in [0, 0.1) is 27.2 Å². The summed E-state index contributed by atoms with van der Waals surface area (Å²) in [6.07, 6.45) is 4.22. The average molecular weight is 394 g/mol. The molecular weight excluding hydrogens is 380 g/mol. The van der Waals surface area contributed by atoms with Crippen LogP contribution in [0.25, 0.3) is 12.2 Å². The molecule has 2 aromatic carbocycles. The molecule has 0 bridgehead atoms. The van der Waals surface area contributed by atoms with Gasteiger partial charge >= 0.3 is 5.95 Å². The molecule has 3 rings (SSSR count). The van der Waals surface area contributed by atoms with Crippen LogP contribution in [0.3, 0.4) is 0 Å². The van der Waals surface area contributed by atoms with Crippen molar-refractivity contribution in [1.29, 1.82) is 0 Å². The zero-order chi connectivity index (χ0) is 21.0. The molecule has 146 valence electrons. The Morgan fingerprint density at radius 1 is 1.07 bits per heavy atom. The lowest BCUT2D eigenvalue weighted by atomic mass is 10.2. The summed E-state index contributed by atoms with van der Waals surface area (Å²) >= 11 is 0. The van der Waals surface area contributed by atoms with Crippen LogP contribution in [0.2, 0.25) is 0 Å². The maximum absolute atomic E-state index is 10.9. The van der Waals surface area contributed by atoms with E-state index in [9.17, 15) is 25.3 Å². The first-order valence-electron chi connectivity index (χ1n) is 8.25. The highest BCUT2D eigenvalue weighted by atomic mass is 16.6. The Labute approximate surface area is 163 Å². The Hall–Kier alpha value is -4.34. The van der Waals surface area contributed by atoms with Crippen LogP contribution in [0.1, 0.15) is 22.7 Å². The van der Waals surface area contributed by atoms with Crippen LogP contribution < -0.4 is 0 Å². The van der Waals surface area contributed by atoms with Crippen LogP contribution >= 0.6 is 0 Å². The van der Waals surface area contributed by atoms with Crippen molar-refractivity contribution in [2.75, 3.05) is 0 Å². The molecule has 0 aliphatic carbocycles. The van der Waals surface area contributed by atoms with Crippen molar-refractivity contribution < 1.29 is 19.4 Å². The van der Waals surface area contributed by atoms with Gasteiger partial charge in [0.2, 0.25) is 5.89 Å². The van der Waals surface area contributed by atoms with E-state index in [1.54, 1.807) is 31.2 Å². The highest BCUT2D eigenvalue weighted by Crippen LogP contribution is 2.25. The molecule has 29 heavy (non-hydrogen) atoms. The molecule has 0 fully saturated rings. The minimum Gasteiger partial charge on any atom is -0.479 e. The highest BCUT2D eigenvalue weighted by molar-refractivity contribution is 5.83. The largest absolute Gasteiger partial charge is 0.479 e. The van der Waals surface area contributed by atoms with Crippen LogP contribution in [0.5, 0.6) is 5.95 Å². The number of aliphatic imine (C=N–C) groups is 1. The van der Waals surface area contributed by atoms with Gasteiger partial charge in [0.15, 0.2) is 5.69 Å². The van der Waals surface area contributed by atoms with Crippen LogP contribution in [0.15, 0.2) is 51.9 Å². The number of oxazole rings is 1. The molecule has 0 amide bonds. The fourth-order valence-electron chi connectivity index (χ4n) is 2.39. The summed E-state index contributed by atoms with van der Waals surface area (Å²) in [5.41, 5.74) is 1.50.